The van der Waals surface area contributed by atoms with Gasteiger partial charge in [0.25, 0.3) is 5.91 Å². The van der Waals surface area contributed by atoms with Gasteiger partial charge in [0, 0.05) is 10.9 Å². The van der Waals surface area contributed by atoms with E-state index in [-0.39, 0.29) is 5.91 Å². The monoisotopic (exact) mass is 336 g/mol. The summed E-state index contributed by atoms with van der Waals surface area (Å²) in [5.41, 5.74) is 3.34. The standard InChI is InChI=1S/C16H17ClN2O2S/c1-9(14(20)11-4-6-12(17)7-5-11)19-16(21)15-13(10-2-3-10)18-8-22-15/h4-10,14,20H,2-3H2,1H3,(H,19,21). The lowest BCUT2D eigenvalue weighted by molar-refractivity contribution is 0.0855. The average molecular weight is 337 g/mol. The van der Waals surface area contributed by atoms with E-state index in [1.165, 1.54) is 11.3 Å². The third-order valence-corrected chi connectivity index (χ3v) is 4.90. The maximum atomic E-state index is 12.4. The minimum absolute atomic E-state index is 0.162. The molecule has 4 nitrogen and oxygen atoms in total. The molecule has 2 N–H and O–H groups in total. The third kappa shape index (κ3) is 3.32. The van der Waals surface area contributed by atoms with Gasteiger partial charge in [-0.05, 0) is 37.5 Å². The van der Waals surface area contributed by atoms with Gasteiger partial charge in [0.1, 0.15) is 4.88 Å². The Morgan fingerprint density at radius 3 is 2.73 bits per heavy atom. The Kier molecular flexibility index (Phi) is 4.47. The number of nitrogens with one attached hydrogen (secondary N) is 1. The molecule has 22 heavy (non-hydrogen) atoms. The summed E-state index contributed by atoms with van der Waals surface area (Å²) in [6, 6.07) is 6.57. The Balaban J connectivity index is 1.67. The van der Waals surface area contributed by atoms with Crippen LogP contribution in [0.25, 0.3) is 0 Å². The maximum absolute atomic E-state index is 12.4. The molecule has 2 unspecified atom stereocenters. The molecule has 1 saturated carbocycles. The highest BCUT2D eigenvalue weighted by Gasteiger charge is 2.31. The second-order valence-electron chi connectivity index (χ2n) is 5.60. The van der Waals surface area contributed by atoms with E-state index in [0.29, 0.717) is 15.8 Å². The molecule has 3 rings (SSSR count). The molecule has 1 amide bonds. The number of thiazole rings is 1. The van der Waals surface area contributed by atoms with Crippen LogP contribution in [0.5, 0.6) is 0 Å². The predicted octanol–water partition coefficient (Wildman–Crippen LogP) is 3.53. The highest BCUT2D eigenvalue weighted by Crippen LogP contribution is 2.41. The largest absolute Gasteiger partial charge is 0.386 e. The molecule has 1 aromatic heterocycles. The molecule has 1 aromatic carbocycles. The van der Waals surface area contributed by atoms with Crippen LogP contribution < -0.4 is 5.32 Å². The quantitative estimate of drug-likeness (QED) is 0.878. The van der Waals surface area contributed by atoms with E-state index in [2.05, 4.69) is 10.3 Å². The van der Waals surface area contributed by atoms with Crippen molar-refractivity contribution in [1.29, 1.82) is 0 Å². The molecule has 0 bridgehead atoms. The number of aliphatic hydroxyl groups excluding tert-OH is 1. The Labute approximate surface area is 138 Å². The van der Waals surface area contributed by atoms with Gasteiger partial charge in [0.2, 0.25) is 0 Å². The summed E-state index contributed by atoms with van der Waals surface area (Å²) in [5, 5.41) is 13.8. The molecule has 1 heterocycles. The molecule has 2 aromatic rings. The molecule has 0 aliphatic heterocycles. The van der Waals surface area contributed by atoms with Crippen LogP contribution in [0.15, 0.2) is 29.8 Å². The number of amides is 1. The number of carbonyl (C=O) groups excluding carboxylic acids is 1. The second-order valence-corrected chi connectivity index (χ2v) is 6.89. The van der Waals surface area contributed by atoms with Crippen molar-refractivity contribution in [3.05, 3.63) is 50.9 Å². The fraction of sp³-hybridized carbons (Fsp3) is 0.375. The van der Waals surface area contributed by atoms with Crippen molar-refractivity contribution in [2.45, 2.75) is 37.8 Å². The van der Waals surface area contributed by atoms with E-state index < -0.39 is 12.1 Å². The second kappa shape index (κ2) is 6.36. The number of halogens is 1. The SMILES string of the molecule is CC(NC(=O)c1scnc1C1CC1)C(O)c1ccc(Cl)cc1. The van der Waals surface area contributed by atoms with Gasteiger partial charge < -0.3 is 10.4 Å². The van der Waals surface area contributed by atoms with Crippen LogP contribution >= 0.6 is 22.9 Å². The Morgan fingerprint density at radius 2 is 2.09 bits per heavy atom. The zero-order valence-corrected chi connectivity index (χ0v) is 13.7. The molecular weight excluding hydrogens is 320 g/mol. The third-order valence-electron chi connectivity index (χ3n) is 3.81. The number of carbonyl (C=O) groups is 1. The highest BCUT2D eigenvalue weighted by molar-refractivity contribution is 7.11. The molecule has 1 fully saturated rings. The van der Waals surface area contributed by atoms with Gasteiger partial charge in [-0.25, -0.2) is 4.98 Å². The van der Waals surface area contributed by atoms with E-state index in [1.807, 2.05) is 0 Å². The van der Waals surface area contributed by atoms with E-state index in [9.17, 15) is 9.90 Å². The van der Waals surface area contributed by atoms with E-state index in [0.717, 1.165) is 24.1 Å². The molecule has 2 atom stereocenters. The number of aromatic nitrogens is 1. The highest BCUT2D eigenvalue weighted by atomic mass is 35.5. The first-order valence-corrected chi connectivity index (χ1v) is 8.50. The maximum Gasteiger partial charge on any atom is 0.263 e. The lowest BCUT2D eigenvalue weighted by Gasteiger charge is -2.20. The fourth-order valence-electron chi connectivity index (χ4n) is 2.37. The molecule has 1 aliphatic carbocycles. The van der Waals surface area contributed by atoms with Crippen molar-refractivity contribution in [1.82, 2.24) is 10.3 Å². The van der Waals surface area contributed by atoms with E-state index in [4.69, 9.17) is 11.6 Å². The first-order chi connectivity index (χ1) is 10.6. The minimum atomic E-state index is -0.779. The van der Waals surface area contributed by atoms with E-state index in [1.54, 1.807) is 36.7 Å². The number of rotatable bonds is 5. The van der Waals surface area contributed by atoms with Crippen LogP contribution in [0.3, 0.4) is 0 Å². The summed E-state index contributed by atoms with van der Waals surface area (Å²) in [7, 11) is 0. The minimum Gasteiger partial charge on any atom is -0.386 e. The van der Waals surface area contributed by atoms with Gasteiger partial charge in [-0.2, -0.15) is 0 Å². The van der Waals surface area contributed by atoms with Crippen molar-refractivity contribution >= 4 is 28.8 Å². The zero-order chi connectivity index (χ0) is 15.7. The molecule has 0 radical (unpaired) electrons. The molecule has 0 spiro atoms. The summed E-state index contributed by atoms with van der Waals surface area (Å²) in [4.78, 5) is 17.4. The number of benzene rings is 1. The van der Waals surface area contributed by atoms with Crippen LogP contribution in [0.1, 0.15) is 52.7 Å². The average Bonchev–Trinajstić information content (AvgIpc) is 3.24. The first-order valence-electron chi connectivity index (χ1n) is 7.24. The summed E-state index contributed by atoms with van der Waals surface area (Å²) in [6.45, 7) is 1.79. The Hall–Kier alpha value is -1.43. The molecule has 0 saturated heterocycles. The zero-order valence-electron chi connectivity index (χ0n) is 12.1. The lowest BCUT2D eigenvalue weighted by atomic mass is 10.0. The number of nitrogens with zero attached hydrogens (tertiary/aromatic N) is 1. The van der Waals surface area contributed by atoms with Gasteiger partial charge in [-0.1, -0.05) is 23.7 Å². The molecule has 6 heteroatoms. The van der Waals surface area contributed by atoms with Crippen LogP contribution in [-0.4, -0.2) is 22.0 Å². The topological polar surface area (TPSA) is 62.2 Å². The Morgan fingerprint density at radius 1 is 1.41 bits per heavy atom. The summed E-state index contributed by atoms with van der Waals surface area (Å²) in [5.74, 6) is 0.272. The van der Waals surface area contributed by atoms with Crippen LogP contribution in [0.4, 0.5) is 0 Å². The van der Waals surface area contributed by atoms with Crippen molar-refractivity contribution in [3.8, 4) is 0 Å². The van der Waals surface area contributed by atoms with Crippen molar-refractivity contribution < 1.29 is 9.90 Å². The molecular formula is C16H17ClN2O2S. The van der Waals surface area contributed by atoms with Crippen molar-refractivity contribution in [3.63, 3.8) is 0 Å². The summed E-state index contributed by atoms with van der Waals surface area (Å²) < 4.78 is 0. The van der Waals surface area contributed by atoms with Gasteiger partial charge in [0.05, 0.1) is 23.4 Å². The first kappa shape index (κ1) is 15.5. The van der Waals surface area contributed by atoms with Gasteiger partial charge in [-0.15, -0.1) is 11.3 Å². The van der Waals surface area contributed by atoms with Crippen molar-refractivity contribution in [2.75, 3.05) is 0 Å². The van der Waals surface area contributed by atoms with Crippen LogP contribution in [-0.2, 0) is 0 Å². The van der Waals surface area contributed by atoms with Gasteiger partial charge in [-0.3, -0.25) is 4.79 Å². The Bertz CT molecular complexity index is 667. The summed E-state index contributed by atoms with van der Waals surface area (Å²) in [6.07, 6.45) is 1.43. The van der Waals surface area contributed by atoms with E-state index >= 15 is 0 Å². The molecule has 116 valence electrons. The van der Waals surface area contributed by atoms with Crippen molar-refractivity contribution in [2.24, 2.45) is 0 Å². The van der Waals surface area contributed by atoms with Crippen LogP contribution in [0.2, 0.25) is 5.02 Å². The van der Waals surface area contributed by atoms with Gasteiger partial charge in [0.15, 0.2) is 0 Å². The normalized spacial score (nSPS) is 17.0. The molecule has 1 aliphatic rings. The fourth-order valence-corrected chi connectivity index (χ4v) is 3.28. The van der Waals surface area contributed by atoms with Crippen LogP contribution in [0, 0.1) is 0 Å². The number of aliphatic hydroxyl groups is 1. The smallest absolute Gasteiger partial charge is 0.263 e. The van der Waals surface area contributed by atoms with Gasteiger partial charge >= 0.3 is 0 Å². The number of hydrogen-bond donors (Lipinski definition) is 2. The number of hydrogen-bond acceptors (Lipinski definition) is 4. The lowest BCUT2D eigenvalue weighted by Crippen LogP contribution is -2.37. The summed E-state index contributed by atoms with van der Waals surface area (Å²) >= 11 is 7.20. The predicted molar refractivity (Wildman–Crippen MR) is 87.4 cm³/mol.